The Morgan fingerprint density at radius 3 is 2.28 bits per heavy atom. The van der Waals surface area contributed by atoms with E-state index in [9.17, 15) is 8.42 Å². The zero-order chi connectivity index (χ0) is 13.2. The molecule has 0 bridgehead atoms. The van der Waals surface area contributed by atoms with Crippen LogP contribution in [0.3, 0.4) is 0 Å². The largest absolute Gasteiger partial charge is 0.371 e. The molecule has 0 saturated carbocycles. The van der Waals surface area contributed by atoms with Crippen LogP contribution < -0.4 is 4.90 Å². The number of hydrogen-bond donors (Lipinski definition) is 0. The lowest BCUT2D eigenvalue weighted by molar-refractivity contribution is 0.595. The smallest absolute Gasteiger partial charge is 0.178 e. The van der Waals surface area contributed by atoms with Crippen LogP contribution >= 0.6 is 15.9 Å². The zero-order valence-corrected chi connectivity index (χ0v) is 12.9. The highest BCUT2D eigenvalue weighted by molar-refractivity contribution is 9.09. The Morgan fingerprint density at radius 2 is 1.78 bits per heavy atom. The van der Waals surface area contributed by atoms with E-state index in [0.29, 0.717) is 9.72 Å². The van der Waals surface area contributed by atoms with E-state index < -0.39 is 9.84 Å². The summed E-state index contributed by atoms with van der Waals surface area (Å²) in [5.74, 6) is 0.154. The maximum Gasteiger partial charge on any atom is 0.178 e. The van der Waals surface area contributed by atoms with E-state index in [-0.39, 0.29) is 5.75 Å². The molecule has 3 nitrogen and oxygen atoms in total. The molecule has 18 heavy (non-hydrogen) atoms. The summed E-state index contributed by atoms with van der Waals surface area (Å²) in [6.07, 6.45) is 2.27. The van der Waals surface area contributed by atoms with Crippen molar-refractivity contribution in [2.45, 2.75) is 29.5 Å². The van der Waals surface area contributed by atoms with E-state index in [0.717, 1.165) is 31.6 Å². The lowest BCUT2D eigenvalue weighted by Crippen LogP contribution is -2.33. The molecule has 0 amide bonds. The van der Waals surface area contributed by atoms with E-state index in [1.54, 1.807) is 19.1 Å². The van der Waals surface area contributed by atoms with Gasteiger partial charge in [0.1, 0.15) is 0 Å². The van der Waals surface area contributed by atoms with Crippen LogP contribution in [0.15, 0.2) is 29.2 Å². The first-order valence-electron chi connectivity index (χ1n) is 6.25. The second-order valence-electron chi connectivity index (χ2n) is 4.56. The fraction of sp³-hybridized carbons (Fsp3) is 0.538. The van der Waals surface area contributed by atoms with E-state index in [1.165, 1.54) is 0 Å². The first kappa shape index (κ1) is 13.9. The van der Waals surface area contributed by atoms with Crippen molar-refractivity contribution in [2.75, 3.05) is 23.7 Å². The molecule has 0 atom stereocenters. The molecule has 0 radical (unpaired) electrons. The van der Waals surface area contributed by atoms with Gasteiger partial charge in [0.15, 0.2) is 9.84 Å². The zero-order valence-electron chi connectivity index (χ0n) is 10.5. The predicted octanol–water partition coefficient (Wildman–Crippen LogP) is 2.84. The molecule has 100 valence electrons. The Morgan fingerprint density at radius 1 is 1.22 bits per heavy atom. The minimum Gasteiger partial charge on any atom is -0.371 e. The SMILES string of the molecule is CCS(=O)(=O)c1ccc(N2CCC(Br)CC2)cc1. The standard InChI is InChI=1S/C13H18BrNO2S/c1-2-18(16,17)13-5-3-12(4-6-13)15-9-7-11(14)8-10-15/h3-6,11H,2,7-10H2,1H3. The van der Waals surface area contributed by atoms with Crippen molar-refractivity contribution in [3.63, 3.8) is 0 Å². The molecule has 1 aliphatic rings. The van der Waals surface area contributed by atoms with E-state index in [4.69, 9.17) is 0 Å². The van der Waals surface area contributed by atoms with Crippen molar-refractivity contribution in [3.05, 3.63) is 24.3 Å². The minimum atomic E-state index is -3.08. The number of hydrogen-bond acceptors (Lipinski definition) is 3. The van der Waals surface area contributed by atoms with E-state index in [2.05, 4.69) is 20.8 Å². The van der Waals surface area contributed by atoms with Gasteiger partial charge >= 0.3 is 0 Å². The topological polar surface area (TPSA) is 37.4 Å². The summed E-state index contributed by atoms with van der Waals surface area (Å²) in [6, 6.07) is 7.26. The van der Waals surface area contributed by atoms with Gasteiger partial charge in [-0.1, -0.05) is 22.9 Å². The van der Waals surface area contributed by atoms with Crippen molar-refractivity contribution in [1.82, 2.24) is 0 Å². The maximum absolute atomic E-state index is 11.7. The third-order valence-corrected chi connectivity index (χ3v) is 6.03. The van der Waals surface area contributed by atoms with Crippen molar-refractivity contribution < 1.29 is 8.42 Å². The highest BCUT2D eigenvalue weighted by atomic mass is 79.9. The van der Waals surface area contributed by atoms with E-state index in [1.807, 2.05) is 12.1 Å². The van der Waals surface area contributed by atoms with Gasteiger partial charge in [-0.3, -0.25) is 0 Å². The fourth-order valence-electron chi connectivity index (χ4n) is 2.14. The van der Waals surface area contributed by atoms with Crippen LogP contribution in [-0.2, 0) is 9.84 Å². The van der Waals surface area contributed by atoms with Gasteiger partial charge < -0.3 is 4.90 Å². The second-order valence-corrected chi connectivity index (χ2v) is 8.13. The van der Waals surface area contributed by atoms with Crippen LogP contribution in [0.25, 0.3) is 0 Å². The minimum absolute atomic E-state index is 0.154. The Balaban J connectivity index is 2.13. The molecule has 1 aromatic carbocycles. The molecule has 0 aromatic heterocycles. The van der Waals surface area contributed by atoms with Crippen LogP contribution in [0, 0.1) is 0 Å². The average molecular weight is 332 g/mol. The van der Waals surface area contributed by atoms with Crippen LogP contribution in [0.1, 0.15) is 19.8 Å². The number of sulfone groups is 1. The summed E-state index contributed by atoms with van der Waals surface area (Å²) < 4.78 is 23.4. The molecule has 1 aromatic rings. The summed E-state index contributed by atoms with van der Waals surface area (Å²) in [4.78, 5) is 3.35. The first-order valence-corrected chi connectivity index (χ1v) is 8.81. The van der Waals surface area contributed by atoms with Crippen LogP contribution in [0.4, 0.5) is 5.69 Å². The number of nitrogens with zero attached hydrogens (tertiary/aromatic N) is 1. The lowest BCUT2D eigenvalue weighted by Gasteiger charge is -2.31. The van der Waals surface area contributed by atoms with Gasteiger partial charge in [0.25, 0.3) is 0 Å². The Labute approximate surface area is 117 Å². The van der Waals surface area contributed by atoms with Gasteiger partial charge in [-0.05, 0) is 37.1 Å². The molecule has 0 aliphatic carbocycles. The van der Waals surface area contributed by atoms with Gasteiger partial charge in [0, 0.05) is 23.6 Å². The Kier molecular flexibility index (Phi) is 4.33. The van der Waals surface area contributed by atoms with Crippen molar-refractivity contribution in [2.24, 2.45) is 0 Å². The summed E-state index contributed by atoms with van der Waals surface area (Å²) >= 11 is 3.63. The van der Waals surface area contributed by atoms with Crippen molar-refractivity contribution in [1.29, 1.82) is 0 Å². The van der Waals surface area contributed by atoms with Gasteiger partial charge in [-0.15, -0.1) is 0 Å². The van der Waals surface area contributed by atoms with Gasteiger partial charge in [-0.2, -0.15) is 0 Å². The summed E-state index contributed by atoms with van der Waals surface area (Å²) in [7, 11) is -3.08. The molecule has 5 heteroatoms. The van der Waals surface area contributed by atoms with Crippen LogP contribution in [0.2, 0.25) is 0 Å². The number of anilines is 1. The monoisotopic (exact) mass is 331 g/mol. The molecule has 1 saturated heterocycles. The molecule has 2 rings (SSSR count). The molecule has 0 N–H and O–H groups in total. The third kappa shape index (κ3) is 3.06. The maximum atomic E-state index is 11.7. The predicted molar refractivity (Wildman–Crippen MR) is 78.3 cm³/mol. The first-order chi connectivity index (χ1) is 8.53. The number of rotatable bonds is 3. The van der Waals surface area contributed by atoms with Crippen LogP contribution in [0.5, 0.6) is 0 Å². The average Bonchev–Trinajstić information content (AvgIpc) is 2.40. The Hall–Kier alpha value is -0.550. The normalized spacial score (nSPS) is 18.0. The number of piperidine rings is 1. The van der Waals surface area contributed by atoms with Crippen molar-refractivity contribution in [3.8, 4) is 0 Å². The second kappa shape index (κ2) is 5.61. The van der Waals surface area contributed by atoms with Crippen LogP contribution in [-0.4, -0.2) is 32.1 Å². The molecule has 1 aliphatic heterocycles. The van der Waals surface area contributed by atoms with Gasteiger partial charge in [0.2, 0.25) is 0 Å². The molecule has 0 unspecified atom stereocenters. The Bertz CT molecular complexity index is 490. The number of alkyl halides is 1. The molecule has 1 fully saturated rings. The summed E-state index contributed by atoms with van der Waals surface area (Å²) in [5, 5.41) is 0. The third-order valence-electron chi connectivity index (χ3n) is 3.37. The molecular formula is C13H18BrNO2S. The number of halogens is 1. The molecule has 1 heterocycles. The van der Waals surface area contributed by atoms with E-state index >= 15 is 0 Å². The highest BCUT2D eigenvalue weighted by Gasteiger charge is 2.18. The summed E-state index contributed by atoms with van der Waals surface area (Å²) in [6.45, 7) is 3.72. The highest BCUT2D eigenvalue weighted by Crippen LogP contribution is 2.24. The van der Waals surface area contributed by atoms with Crippen molar-refractivity contribution >= 4 is 31.5 Å². The summed E-state index contributed by atoms with van der Waals surface area (Å²) in [5.41, 5.74) is 1.12. The molecule has 0 spiro atoms. The van der Waals surface area contributed by atoms with Gasteiger partial charge in [0.05, 0.1) is 10.6 Å². The molecular weight excluding hydrogens is 314 g/mol. The fourth-order valence-corrected chi connectivity index (χ4v) is 3.43. The number of benzene rings is 1. The van der Waals surface area contributed by atoms with Gasteiger partial charge in [-0.25, -0.2) is 8.42 Å². The lowest BCUT2D eigenvalue weighted by atomic mass is 10.1. The quantitative estimate of drug-likeness (QED) is 0.799.